The van der Waals surface area contributed by atoms with Crippen molar-refractivity contribution in [3.05, 3.63) is 0 Å². The highest BCUT2D eigenvalue weighted by molar-refractivity contribution is 4.68. The summed E-state index contributed by atoms with van der Waals surface area (Å²) < 4.78 is 0. The Balaban J connectivity index is 1.81. The Hall–Kier alpha value is -0.440. The molecule has 7 heavy (non-hydrogen) atoms. The SMILES string of the molecule is NCCCC1N=N1. The van der Waals surface area contributed by atoms with Crippen molar-refractivity contribution in [1.82, 2.24) is 0 Å². The Bertz CT molecular complexity index is 73.0. The van der Waals surface area contributed by atoms with Gasteiger partial charge in [-0.05, 0) is 19.4 Å². The molecule has 3 heteroatoms. The maximum Gasteiger partial charge on any atom is 0.181 e. The van der Waals surface area contributed by atoms with Crippen molar-refractivity contribution in [2.75, 3.05) is 6.54 Å². The Labute approximate surface area is 42.6 Å². The predicted octanol–water partition coefficient (Wildman–Crippen LogP) is 0.517. The van der Waals surface area contributed by atoms with Crippen LogP contribution in [0.2, 0.25) is 0 Å². The van der Waals surface area contributed by atoms with Gasteiger partial charge in [-0.1, -0.05) is 0 Å². The minimum absolute atomic E-state index is 0.323. The quantitative estimate of drug-likeness (QED) is 0.550. The smallest absolute Gasteiger partial charge is 0.181 e. The third-order valence-electron chi connectivity index (χ3n) is 0.945. The predicted molar refractivity (Wildman–Crippen MR) is 26.9 cm³/mol. The average Bonchev–Trinajstić information content (AvgIpc) is 2.42. The highest BCUT2D eigenvalue weighted by Gasteiger charge is 2.12. The van der Waals surface area contributed by atoms with Crippen LogP contribution in [0.25, 0.3) is 0 Å². The standard InChI is InChI=1S/C4H9N3/c5-3-1-2-4-6-7-4/h4H,1-3,5H2. The molecule has 0 aliphatic carbocycles. The van der Waals surface area contributed by atoms with E-state index in [9.17, 15) is 0 Å². The number of nitrogens with two attached hydrogens (primary N) is 1. The van der Waals surface area contributed by atoms with Gasteiger partial charge in [-0.2, -0.15) is 10.2 Å². The monoisotopic (exact) mass is 99.1 g/mol. The highest BCUT2D eigenvalue weighted by atomic mass is 15.4. The Kier molecular flexibility index (Phi) is 1.36. The number of hydrogen-bond acceptors (Lipinski definition) is 3. The van der Waals surface area contributed by atoms with Gasteiger partial charge in [0.2, 0.25) is 0 Å². The lowest BCUT2D eigenvalue weighted by atomic mass is 10.3. The fourth-order valence-electron chi connectivity index (χ4n) is 0.463. The lowest BCUT2D eigenvalue weighted by Crippen LogP contribution is -1.99. The summed E-state index contributed by atoms with van der Waals surface area (Å²) in [6.45, 7) is 0.765. The Morgan fingerprint density at radius 1 is 1.43 bits per heavy atom. The van der Waals surface area contributed by atoms with E-state index in [2.05, 4.69) is 10.2 Å². The molecule has 1 aliphatic heterocycles. The van der Waals surface area contributed by atoms with Gasteiger partial charge in [-0.15, -0.1) is 0 Å². The zero-order valence-corrected chi connectivity index (χ0v) is 4.17. The van der Waals surface area contributed by atoms with E-state index in [4.69, 9.17) is 5.73 Å². The van der Waals surface area contributed by atoms with Crippen LogP contribution in [0.1, 0.15) is 12.8 Å². The molecule has 0 saturated heterocycles. The molecule has 0 aromatic rings. The summed E-state index contributed by atoms with van der Waals surface area (Å²) in [4.78, 5) is 0. The lowest BCUT2D eigenvalue weighted by molar-refractivity contribution is 0.719. The zero-order chi connectivity index (χ0) is 5.11. The van der Waals surface area contributed by atoms with Crippen LogP contribution in [0.4, 0.5) is 0 Å². The lowest BCUT2D eigenvalue weighted by Gasteiger charge is -1.86. The van der Waals surface area contributed by atoms with E-state index < -0.39 is 0 Å². The third-order valence-corrected chi connectivity index (χ3v) is 0.945. The van der Waals surface area contributed by atoms with Crippen LogP contribution in [-0.4, -0.2) is 12.7 Å². The van der Waals surface area contributed by atoms with Crippen LogP contribution < -0.4 is 5.73 Å². The molecule has 1 aliphatic rings. The van der Waals surface area contributed by atoms with Crippen molar-refractivity contribution in [3.63, 3.8) is 0 Å². The van der Waals surface area contributed by atoms with Crippen molar-refractivity contribution >= 4 is 0 Å². The summed E-state index contributed by atoms with van der Waals surface area (Å²) in [6.07, 6.45) is 2.43. The summed E-state index contributed by atoms with van der Waals surface area (Å²) in [5.41, 5.74) is 5.22. The van der Waals surface area contributed by atoms with E-state index in [1.54, 1.807) is 0 Å². The Morgan fingerprint density at radius 3 is 2.57 bits per heavy atom. The Morgan fingerprint density at radius 2 is 2.14 bits per heavy atom. The first-order valence-corrected chi connectivity index (χ1v) is 2.53. The number of hydrogen-bond donors (Lipinski definition) is 1. The van der Waals surface area contributed by atoms with Gasteiger partial charge in [0.1, 0.15) is 0 Å². The molecule has 0 fully saturated rings. The van der Waals surface area contributed by atoms with E-state index in [1.807, 2.05) is 0 Å². The van der Waals surface area contributed by atoms with Gasteiger partial charge in [0.25, 0.3) is 0 Å². The molecule has 0 aromatic heterocycles. The van der Waals surface area contributed by atoms with Crippen molar-refractivity contribution in [2.45, 2.75) is 19.0 Å². The van der Waals surface area contributed by atoms with Gasteiger partial charge in [0.15, 0.2) is 6.17 Å². The summed E-state index contributed by atoms with van der Waals surface area (Å²) in [7, 11) is 0. The molecule has 2 N–H and O–H groups in total. The maximum absolute atomic E-state index is 5.22. The molecule has 3 nitrogen and oxygen atoms in total. The molecule has 0 bridgehead atoms. The zero-order valence-electron chi connectivity index (χ0n) is 4.17. The van der Waals surface area contributed by atoms with Crippen molar-refractivity contribution < 1.29 is 0 Å². The molecule has 1 rings (SSSR count). The highest BCUT2D eigenvalue weighted by Crippen LogP contribution is 2.14. The van der Waals surface area contributed by atoms with Gasteiger partial charge >= 0.3 is 0 Å². The second-order valence-corrected chi connectivity index (χ2v) is 1.64. The fraction of sp³-hybridized carbons (Fsp3) is 1.00. The molecular formula is C4H9N3. The molecule has 0 aromatic carbocycles. The molecule has 0 amide bonds. The summed E-state index contributed by atoms with van der Waals surface area (Å²) in [5.74, 6) is 0. The summed E-state index contributed by atoms with van der Waals surface area (Å²) in [5, 5.41) is 7.42. The minimum Gasteiger partial charge on any atom is -0.330 e. The van der Waals surface area contributed by atoms with Gasteiger partial charge in [-0.25, -0.2) is 0 Å². The first-order chi connectivity index (χ1) is 3.43. The second kappa shape index (κ2) is 2.02. The molecule has 0 atom stereocenters. The second-order valence-electron chi connectivity index (χ2n) is 1.64. The largest absolute Gasteiger partial charge is 0.330 e. The topological polar surface area (TPSA) is 50.7 Å². The minimum atomic E-state index is 0.323. The van der Waals surface area contributed by atoms with Crippen LogP contribution in [0.3, 0.4) is 0 Å². The van der Waals surface area contributed by atoms with Crippen LogP contribution in [-0.2, 0) is 0 Å². The first-order valence-electron chi connectivity index (χ1n) is 2.53. The average molecular weight is 99.1 g/mol. The number of rotatable bonds is 3. The number of nitrogens with zero attached hydrogens (tertiary/aromatic N) is 2. The van der Waals surface area contributed by atoms with Crippen molar-refractivity contribution in [3.8, 4) is 0 Å². The van der Waals surface area contributed by atoms with Crippen molar-refractivity contribution in [1.29, 1.82) is 0 Å². The van der Waals surface area contributed by atoms with Crippen LogP contribution in [0.15, 0.2) is 10.2 Å². The summed E-state index contributed by atoms with van der Waals surface area (Å²) in [6, 6.07) is 0. The van der Waals surface area contributed by atoms with Crippen LogP contribution >= 0.6 is 0 Å². The fourth-order valence-corrected chi connectivity index (χ4v) is 0.463. The van der Waals surface area contributed by atoms with Gasteiger partial charge in [-0.3, -0.25) is 0 Å². The third kappa shape index (κ3) is 1.64. The van der Waals surface area contributed by atoms with E-state index in [-0.39, 0.29) is 0 Å². The van der Waals surface area contributed by atoms with E-state index >= 15 is 0 Å². The molecule has 1 heterocycles. The molecule has 40 valence electrons. The van der Waals surface area contributed by atoms with E-state index in [1.165, 1.54) is 0 Å². The van der Waals surface area contributed by atoms with E-state index in [0.29, 0.717) is 6.17 Å². The van der Waals surface area contributed by atoms with Crippen LogP contribution in [0.5, 0.6) is 0 Å². The van der Waals surface area contributed by atoms with Crippen molar-refractivity contribution in [2.24, 2.45) is 16.0 Å². The molecule has 0 unspecified atom stereocenters. The molecule has 0 radical (unpaired) electrons. The maximum atomic E-state index is 5.22. The van der Waals surface area contributed by atoms with Gasteiger partial charge in [0.05, 0.1) is 0 Å². The molecule has 0 spiro atoms. The first kappa shape index (κ1) is 4.71. The molecular weight excluding hydrogens is 90.1 g/mol. The van der Waals surface area contributed by atoms with Gasteiger partial charge in [0, 0.05) is 0 Å². The van der Waals surface area contributed by atoms with E-state index in [0.717, 1.165) is 19.4 Å². The van der Waals surface area contributed by atoms with Crippen LogP contribution in [0, 0.1) is 0 Å². The van der Waals surface area contributed by atoms with Gasteiger partial charge < -0.3 is 5.73 Å². The normalized spacial score (nSPS) is 17.9. The summed E-state index contributed by atoms with van der Waals surface area (Å²) >= 11 is 0. The molecule has 0 saturated carbocycles.